The van der Waals surface area contributed by atoms with Crippen molar-refractivity contribution in [3.63, 3.8) is 0 Å². The van der Waals surface area contributed by atoms with Gasteiger partial charge in [-0.3, -0.25) is 4.98 Å². The molecule has 2 aromatic heterocycles. The van der Waals surface area contributed by atoms with Gasteiger partial charge >= 0.3 is 39.0 Å². The maximum Gasteiger partial charge on any atom is 0.335 e. The van der Waals surface area contributed by atoms with Gasteiger partial charge in [-0.25, -0.2) is 9.36 Å². The molecule has 4 nitrogen and oxygen atoms in total. The van der Waals surface area contributed by atoms with E-state index < -0.39 is 13.8 Å². The van der Waals surface area contributed by atoms with E-state index >= 15 is 0 Å². The minimum Gasteiger partial charge on any atom is -0.478 e. The Morgan fingerprint density at radius 2 is 1.28 bits per heavy atom. The minimum absolute atomic E-state index is 0.307. The number of rotatable bonds is 4. The van der Waals surface area contributed by atoms with Crippen LogP contribution in [0.3, 0.4) is 0 Å². The fourth-order valence-electron chi connectivity index (χ4n) is 2.26. The Hall–Kier alpha value is -3.00. The number of pyridine rings is 2. The molecule has 11 heteroatoms. The van der Waals surface area contributed by atoms with Gasteiger partial charge in [0.1, 0.15) is 0 Å². The normalized spacial score (nSPS) is 13.4. The maximum atomic E-state index is 10.8. The summed E-state index contributed by atoms with van der Waals surface area (Å²) in [5.74, 6) is -0.902. The van der Waals surface area contributed by atoms with E-state index in [0.29, 0.717) is 12.1 Å². The summed E-state index contributed by atoms with van der Waals surface area (Å²) in [6.07, 6.45) is 7.59. The number of carbonyl (C=O) groups is 1. The summed E-state index contributed by atoms with van der Waals surface area (Å²) in [6, 6.07) is 15.0. The van der Waals surface area contributed by atoms with Crippen LogP contribution in [0.4, 0.5) is 25.2 Å². The molecule has 2 heterocycles. The quantitative estimate of drug-likeness (QED) is 0.303. The van der Waals surface area contributed by atoms with Crippen LogP contribution < -0.4 is 4.57 Å². The number of benzene rings is 1. The smallest absolute Gasteiger partial charge is 0.335 e. The molecule has 0 radical (unpaired) electrons. The molecule has 0 atom stereocenters. The number of nitrogens with zero attached hydrogens (tertiary/aromatic N) is 2. The Morgan fingerprint density at radius 3 is 1.72 bits per heavy atom. The third-order valence-electron chi connectivity index (χ3n) is 3.47. The molecule has 0 saturated carbocycles. The zero-order chi connectivity index (χ0) is 21.8. The summed E-state index contributed by atoms with van der Waals surface area (Å²) in [7, 11) is -10.7. The Labute approximate surface area is 161 Å². The molecule has 0 fully saturated rings. The third-order valence-corrected chi connectivity index (χ3v) is 3.47. The Bertz CT molecular complexity index is 966. The van der Waals surface area contributed by atoms with Gasteiger partial charge in [-0.2, -0.15) is 0 Å². The first-order valence-corrected chi connectivity index (χ1v) is 9.98. The van der Waals surface area contributed by atoms with Gasteiger partial charge in [0.15, 0.2) is 18.9 Å². The van der Waals surface area contributed by atoms with E-state index in [9.17, 15) is 30.0 Å². The molecular weight excluding hydrogens is 421 g/mol. The number of hydrogen-bond donors (Lipinski definition) is 1. The van der Waals surface area contributed by atoms with Crippen LogP contribution in [-0.2, 0) is 6.54 Å². The predicted molar refractivity (Wildman–Crippen MR) is 95.9 cm³/mol. The molecule has 0 saturated heterocycles. The second-order valence-corrected chi connectivity index (χ2v) is 7.87. The van der Waals surface area contributed by atoms with Crippen molar-refractivity contribution in [2.24, 2.45) is 0 Å². The molecule has 1 aromatic carbocycles. The van der Waals surface area contributed by atoms with Crippen LogP contribution in [0.25, 0.3) is 11.1 Å². The first-order chi connectivity index (χ1) is 13.2. The monoisotopic (exact) mass is 436 g/mol. The van der Waals surface area contributed by atoms with E-state index in [1.807, 2.05) is 36.7 Å². The number of carboxylic acid groups (broad SMARTS) is 1. The average molecular weight is 436 g/mol. The number of aromatic carboxylic acids is 1. The van der Waals surface area contributed by atoms with Gasteiger partial charge in [-0.15, -0.1) is 0 Å². The summed E-state index contributed by atoms with van der Waals surface area (Å²) in [5, 5.41) is 8.89. The number of aromatic nitrogens is 2. The maximum absolute atomic E-state index is 10.8. The van der Waals surface area contributed by atoms with Crippen molar-refractivity contribution < 1.29 is 39.6 Å². The SMILES string of the molecule is F[P-](F)(F)(F)(F)F.O=C(O)c1ccc(C[n+]2ccc(-c3ccncc3)cc2)cc1. The van der Waals surface area contributed by atoms with E-state index in [1.54, 1.807) is 24.5 Å². The molecule has 156 valence electrons. The fraction of sp³-hybridized carbons (Fsp3) is 0.0556. The molecule has 0 unspecified atom stereocenters. The van der Waals surface area contributed by atoms with Gasteiger partial charge < -0.3 is 5.11 Å². The van der Waals surface area contributed by atoms with Crippen molar-refractivity contribution in [1.29, 1.82) is 0 Å². The standard InChI is InChI=1S/C18H14N2O2.F6P/c21-18(22)17-3-1-14(2-4-17)13-20-11-7-16(8-12-20)15-5-9-19-10-6-15;1-7(2,3,4,5)6/h1-12H,13H2;/q;-1/p+1. The molecule has 0 aliphatic rings. The first-order valence-electron chi connectivity index (χ1n) is 7.95. The van der Waals surface area contributed by atoms with Crippen molar-refractivity contribution in [2.45, 2.75) is 6.54 Å². The summed E-state index contributed by atoms with van der Waals surface area (Å²) in [4.78, 5) is 14.8. The zero-order valence-corrected chi connectivity index (χ0v) is 15.5. The molecule has 0 spiro atoms. The van der Waals surface area contributed by atoms with Gasteiger partial charge in [0.05, 0.1) is 5.56 Å². The van der Waals surface area contributed by atoms with Crippen molar-refractivity contribution in [3.05, 3.63) is 84.4 Å². The Kier molecular flexibility index (Phi) is 5.72. The van der Waals surface area contributed by atoms with Gasteiger partial charge in [0, 0.05) is 30.1 Å². The van der Waals surface area contributed by atoms with E-state index in [1.165, 1.54) is 0 Å². The largest absolute Gasteiger partial charge is 0.478 e. The third kappa shape index (κ3) is 9.66. The second kappa shape index (κ2) is 7.44. The Morgan fingerprint density at radius 1 is 0.828 bits per heavy atom. The zero-order valence-electron chi connectivity index (χ0n) is 14.6. The molecular formula is C18H15F6N2O2P. The number of halogens is 6. The topological polar surface area (TPSA) is 54.1 Å². The molecule has 1 N–H and O–H groups in total. The molecule has 3 aromatic rings. The minimum atomic E-state index is -10.7. The number of carboxylic acids is 1. The van der Waals surface area contributed by atoms with E-state index in [2.05, 4.69) is 21.7 Å². The molecule has 0 bridgehead atoms. The van der Waals surface area contributed by atoms with Gasteiger partial charge in [-0.05, 0) is 35.4 Å². The molecule has 0 amide bonds. The molecule has 3 rings (SSSR count). The van der Waals surface area contributed by atoms with Crippen LogP contribution in [-0.4, -0.2) is 16.1 Å². The van der Waals surface area contributed by atoms with Gasteiger partial charge in [-0.1, -0.05) is 12.1 Å². The fourth-order valence-corrected chi connectivity index (χ4v) is 2.26. The van der Waals surface area contributed by atoms with Crippen molar-refractivity contribution in [2.75, 3.05) is 0 Å². The van der Waals surface area contributed by atoms with Gasteiger partial charge in [0.2, 0.25) is 0 Å². The average Bonchev–Trinajstić information content (AvgIpc) is 2.61. The molecule has 0 aliphatic carbocycles. The summed E-state index contributed by atoms with van der Waals surface area (Å²) < 4.78 is 61.3. The van der Waals surface area contributed by atoms with Crippen molar-refractivity contribution in [1.82, 2.24) is 4.98 Å². The van der Waals surface area contributed by atoms with Crippen molar-refractivity contribution >= 4 is 13.8 Å². The number of hydrogen-bond acceptors (Lipinski definition) is 2. The van der Waals surface area contributed by atoms with Crippen LogP contribution in [0.15, 0.2) is 73.3 Å². The molecule has 29 heavy (non-hydrogen) atoms. The summed E-state index contributed by atoms with van der Waals surface area (Å²) in [5.41, 5.74) is 3.64. The first kappa shape index (κ1) is 22.3. The summed E-state index contributed by atoms with van der Waals surface area (Å²) >= 11 is 0. The second-order valence-electron chi connectivity index (χ2n) is 5.96. The van der Waals surface area contributed by atoms with Crippen LogP contribution in [0, 0.1) is 0 Å². The Balaban J connectivity index is 0.000000370. The van der Waals surface area contributed by atoms with E-state index in [4.69, 9.17) is 5.11 Å². The summed E-state index contributed by atoms with van der Waals surface area (Å²) in [6.45, 7) is 0.705. The van der Waals surface area contributed by atoms with Crippen molar-refractivity contribution in [3.8, 4) is 11.1 Å². The van der Waals surface area contributed by atoms with Crippen LogP contribution in [0.1, 0.15) is 15.9 Å². The van der Waals surface area contributed by atoms with E-state index in [-0.39, 0.29) is 0 Å². The van der Waals surface area contributed by atoms with Crippen LogP contribution >= 0.6 is 7.81 Å². The van der Waals surface area contributed by atoms with Crippen LogP contribution in [0.2, 0.25) is 0 Å². The van der Waals surface area contributed by atoms with E-state index in [0.717, 1.165) is 16.7 Å². The van der Waals surface area contributed by atoms with Crippen LogP contribution in [0.5, 0.6) is 0 Å². The molecule has 0 aliphatic heterocycles. The predicted octanol–water partition coefficient (Wildman–Crippen LogP) is 6.17. The van der Waals surface area contributed by atoms with Gasteiger partial charge in [0.25, 0.3) is 0 Å².